The van der Waals surface area contributed by atoms with Crippen LogP contribution in [0, 0.1) is 11.3 Å². The number of primary amides is 1. The SMILES string of the molecule is CN(C)Cc1ccc(Nc2cc(NC3CCN(c4ccc(C#N)cn4)CC3)c(C(N)=O)cn2)cc1. The Hall–Kier alpha value is -4.16. The average molecular weight is 471 g/mol. The molecule has 9 nitrogen and oxygen atoms in total. The predicted molar refractivity (Wildman–Crippen MR) is 138 cm³/mol. The molecule has 0 saturated carbocycles. The average Bonchev–Trinajstić information content (AvgIpc) is 2.85. The fourth-order valence-electron chi connectivity index (χ4n) is 4.16. The van der Waals surface area contributed by atoms with E-state index in [1.807, 2.05) is 38.4 Å². The number of nitrogens with one attached hydrogen (secondary N) is 2. The quantitative estimate of drug-likeness (QED) is 0.458. The Kier molecular flexibility index (Phi) is 7.43. The van der Waals surface area contributed by atoms with Gasteiger partial charge < -0.3 is 26.2 Å². The lowest BCUT2D eigenvalue weighted by atomic mass is 10.0. The molecule has 4 N–H and O–H groups in total. The van der Waals surface area contributed by atoms with Crippen molar-refractivity contribution in [2.75, 3.05) is 42.7 Å². The van der Waals surface area contributed by atoms with Crippen molar-refractivity contribution in [2.45, 2.75) is 25.4 Å². The fourth-order valence-corrected chi connectivity index (χ4v) is 4.16. The highest BCUT2D eigenvalue weighted by molar-refractivity contribution is 5.98. The van der Waals surface area contributed by atoms with E-state index in [1.165, 1.54) is 11.8 Å². The molecule has 1 aromatic carbocycles. The minimum atomic E-state index is -0.515. The van der Waals surface area contributed by atoms with Gasteiger partial charge in [-0.15, -0.1) is 0 Å². The highest BCUT2D eigenvalue weighted by Crippen LogP contribution is 2.26. The van der Waals surface area contributed by atoms with Gasteiger partial charge in [-0.2, -0.15) is 5.26 Å². The van der Waals surface area contributed by atoms with Crippen molar-refractivity contribution in [3.8, 4) is 6.07 Å². The smallest absolute Gasteiger partial charge is 0.252 e. The van der Waals surface area contributed by atoms with Gasteiger partial charge in [-0.05, 0) is 56.8 Å². The van der Waals surface area contributed by atoms with Crippen LogP contribution in [0.3, 0.4) is 0 Å². The first-order chi connectivity index (χ1) is 16.9. The van der Waals surface area contributed by atoms with Crippen LogP contribution in [0.4, 0.5) is 23.0 Å². The summed E-state index contributed by atoms with van der Waals surface area (Å²) in [7, 11) is 4.08. The van der Waals surface area contributed by atoms with E-state index in [0.29, 0.717) is 22.6 Å². The molecule has 180 valence electrons. The lowest BCUT2D eigenvalue weighted by molar-refractivity contribution is 0.100. The van der Waals surface area contributed by atoms with E-state index in [9.17, 15) is 4.79 Å². The zero-order valence-corrected chi connectivity index (χ0v) is 20.0. The number of anilines is 4. The van der Waals surface area contributed by atoms with Gasteiger partial charge in [-0.3, -0.25) is 4.79 Å². The van der Waals surface area contributed by atoms with Crippen LogP contribution < -0.4 is 21.3 Å². The molecular weight excluding hydrogens is 440 g/mol. The van der Waals surface area contributed by atoms with Gasteiger partial charge in [0.1, 0.15) is 17.7 Å². The van der Waals surface area contributed by atoms with Crippen LogP contribution in [0.25, 0.3) is 0 Å². The normalized spacial score (nSPS) is 13.9. The summed E-state index contributed by atoms with van der Waals surface area (Å²) in [4.78, 5) is 25.1. The van der Waals surface area contributed by atoms with Gasteiger partial charge in [0.2, 0.25) is 0 Å². The maximum absolute atomic E-state index is 12.0. The van der Waals surface area contributed by atoms with Gasteiger partial charge in [0.05, 0.1) is 16.8 Å². The summed E-state index contributed by atoms with van der Waals surface area (Å²) in [6.45, 7) is 2.51. The van der Waals surface area contributed by atoms with Crippen molar-refractivity contribution in [3.63, 3.8) is 0 Å². The first-order valence-corrected chi connectivity index (χ1v) is 11.6. The van der Waals surface area contributed by atoms with Crippen molar-refractivity contribution < 1.29 is 4.79 Å². The first-order valence-electron chi connectivity index (χ1n) is 11.6. The molecule has 3 heterocycles. The number of carbonyl (C=O) groups is 1. The molecule has 35 heavy (non-hydrogen) atoms. The lowest BCUT2D eigenvalue weighted by Gasteiger charge is -2.34. The summed E-state index contributed by atoms with van der Waals surface area (Å²) in [5, 5.41) is 15.8. The third-order valence-electron chi connectivity index (χ3n) is 5.95. The topological polar surface area (TPSA) is 123 Å². The second-order valence-electron chi connectivity index (χ2n) is 8.96. The fraction of sp³-hybridized carbons (Fsp3) is 0.308. The number of hydrogen-bond acceptors (Lipinski definition) is 8. The van der Waals surface area contributed by atoms with Gasteiger partial charge in [0.25, 0.3) is 5.91 Å². The number of rotatable bonds is 8. The van der Waals surface area contributed by atoms with E-state index in [-0.39, 0.29) is 6.04 Å². The monoisotopic (exact) mass is 470 g/mol. The van der Waals surface area contributed by atoms with Crippen LogP contribution in [-0.4, -0.2) is 54.0 Å². The van der Waals surface area contributed by atoms with Crippen LogP contribution in [0.15, 0.2) is 54.9 Å². The van der Waals surface area contributed by atoms with Gasteiger partial charge in [-0.1, -0.05) is 12.1 Å². The summed E-state index contributed by atoms with van der Waals surface area (Å²) in [6.07, 6.45) is 4.86. The summed E-state index contributed by atoms with van der Waals surface area (Å²) in [6, 6.07) is 16.0. The lowest BCUT2D eigenvalue weighted by Crippen LogP contribution is -2.39. The summed E-state index contributed by atoms with van der Waals surface area (Å²) in [5.74, 6) is 0.989. The molecular formula is C26H30N8O. The van der Waals surface area contributed by atoms with Crippen LogP contribution in [0.2, 0.25) is 0 Å². The van der Waals surface area contributed by atoms with Crippen molar-refractivity contribution in [3.05, 3.63) is 71.5 Å². The molecule has 1 saturated heterocycles. The van der Waals surface area contributed by atoms with Gasteiger partial charge in [0, 0.05) is 49.8 Å². The molecule has 1 aliphatic rings. The highest BCUT2D eigenvalue weighted by atomic mass is 16.1. The standard InChI is InChI=1S/C26H30N8O/c1-33(2)17-18-3-6-20(7-4-18)32-24-13-23(22(16-29-24)26(28)35)31-21-9-11-34(12-10-21)25-8-5-19(14-27)15-30-25/h3-8,13,15-16,21H,9-12,17H2,1-2H3,(H2,28,35)(H2,29,31,32). The second kappa shape index (κ2) is 10.8. The first kappa shape index (κ1) is 24.0. The summed E-state index contributed by atoms with van der Waals surface area (Å²) < 4.78 is 0. The van der Waals surface area contributed by atoms with Crippen molar-refractivity contribution in [2.24, 2.45) is 5.73 Å². The Bertz CT molecular complexity index is 1190. The van der Waals surface area contributed by atoms with Crippen LogP contribution in [-0.2, 0) is 6.54 Å². The molecule has 2 aromatic heterocycles. The number of benzene rings is 1. The van der Waals surface area contributed by atoms with E-state index >= 15 is 0 Å². The van der Waals surface area contributed by atoms with Gasteiger partial charge in [0.15, 0.2) is 0 Å². The number of carbonyl (C=O) groups excluding carboxylic acids is 1. The molecule has 0 atom stereocenters. The highest BCUT2D eigenvalue weighted by Gasteiger charge is 2.22. The predicted octanol–water partition coefficient (Wildman–Crippen LogP) is 3.33. The Balaban J connectivity index is 1.41. The zero-order valence-electron chi connectivity index (χ0n) is 20.0. The molecule has 9 heteroatoms. The number of hydrogen-bond donors (Lipinski definition) is 3. The molecule has 0 radical (unpaired) electrons. The Morgan fingerprint density at radius 1 is 1.14 bits per heavy atom. The number of nitriles is 1. The molecule has 3 aromatic rings. The largest absolute Gasteiger partial charge is 0.381 e. The minimum absolute atomic E-state index is 0.184. The van der Waals surface area contributed by atoms with Crippen molar-refractivity contribution >= 4 is 28.9 Å². The van der Waals surface area contributed by atoms with E-state index in [1.54, 1.807) is 12.3 Å². The van der Waals surface area contributed by atoms with Crippen LogP contribution in [0.1, 0.15) is 34.3 Å². The molecule has 0 bridgehead atoms. The number of pyridine rings is 2. The van der Waals surface area contributed by atoms with Gasteiger partial charge in [-0.25, -0.2) is 9.97 Å². The molecule has 0 spiro atoms. The third kappa shape index (κ3) is 6.25. The summed E-state index contributed by atoms with van der Waals surface area (Å²) in [5.41, 5.74) is 9.36. The third-order valence-corrected chi connectivity index (χ3v) is 5.95. The van der Waals surface area contributed by atoms with E-state index < -0.39 is 5.91 Å². The number of nitrogens with zero attached hydrogens (tertiary/aromatic N) is 5. The van der Waals surface area contributed by atoms with E-state index in [2.05, 4.69) is 48.6 Å². The molecule has 4 rings (SSSR count). The van der Waals surface area contributed by atoms with Crippen molar-refractivity contribution in [1.82, 2.24) is 14.9 Å². The maximum Gasteiger partial charge on any atom is 0.252 e. The Morgan fingerprint density at radius 3 is 2.49 bits per heavy atom. The van der Waals surface area contributed by atoms with Crippen LogP contribution in [0.5, 0.6) is 0 Å². The van der Waals surface area contributed by atoms with Crippen LogP contribution >= 0.6 is 0 Å². The van der Waals surface area contributed by atoms with E-state index in [4.69, 9.17) is 11.0 Å². The minimum Gasteiger partial charge on any atom is -0.381 e. The maximum atomic E-state index is 12.0. The second-order valence-corrected chi connectivity index (χ2v) is 8.96. The number of nitrogens with two attached hydrogens (primary N) is 1. The van der Waals surface area contributed by atoms with Crippen molar-refractivity contribution in [1.29, 1.82) is 5.26 Å². The summed E-state index contributed by atoms with van der Waals surface area (Å²) >= 11 is 0. The molecule has 0 unspecified atom stereocenters. The number of piperidine rings is 1. The molecule has 1 fully saturated rings. The molecule has 1 amide bonds. The Morgan fingerprint density at radius 2 is 1.89 bits per heavy atom. The van der Waals surface area contributed by atoms with E-state index in [0.717, 1.165) is 44.0 Å². The number of amides is 1. The Labute approximate surface area is 205 Å². The molecule has 1 aliphatic heterocycles. The molecule has 0 aliphatic carbocycles. The number of aromatic nitrogens is 2. The van der Waals surface area contributed by atoms with Gasteiger partial charge >= 0.3 is 0 Å². The zero-order chi connectivity index (χ0) is 24.8.